The van der Waals surface area contributed by atoms with Gasteiger partial charge in [0.25, 0.3) is 9.04 Å². The predicted octanol–water partition coefficient (Wildman–Crippen LogP) is 5.58. The van der Waals surface area contributed by atoms with E-state index in [-0.39, 0.29) is 17.4 Å². The second-order valence-corrected chi connectivity index (χ2v) is 12.7. The van der Waals surface area contributed by atoms with Crippen molar-refractivity contribution >= 4 is 9.04 Å². The number of fused-ring (bicyclic) bond motifs is 1. The van der Waals surface area contributed by atoms with Gasteiger partial charge >= 0.3 is 0 Å². The molecular formula is C25H39O3Si. The Morgan fingerprint density at radius 3 is 2.55 bits per heavy atom. The molecule has 2 aliphatic carbocycles. The van der Waals surface area contributed by atoms with Crippen LogP contribution in [0.15, 0.2) is 30.4 Å². The van der Waals surface area contributed by atoms with Crippen molar-refractivity contribution in [2.45, 2.75) is 89.8 Å². The predicted molar refractivity (Wildman–Crippen MR) is 122 cm³/mol. The third-order valence-corrected chi connectivity index (χ3v) is 8.08. The Labute approximate surface area is 178 Å². The first kappa shape index (κ1) is 22.6. The molecule has 4 atom stereocenters. The average Bonchev–Trinajstić information content (AvgIpc) is 2.89. The maximum Gasteiger partial charge on any atom is 0.274 e. The number of aliphatic hydroxyl groups excluding tert-OH is 1. The molecular weight excluding hydrogens is 376 g/mol. The van der Waals surface area contributed by atoms with Gasteiger partial charge in [0.05, 0.1) is 12.2 Å². The zero-order valence-electron chi connectivity index (χ0n) is 19.1. The SMILES string of the molecule is C[Si](C)Oc1cc(C(C)(C)C)ccc1[C@H]1CC[C@]2(C)[C@@H](/C=C/CO)CC[C@]2(O)C1. The second kappa shape index (κ2) is 8.20. The molecule has 0 amide bonds. The largest absolute Gasteiger partial charge is 0.542 e. The lowest BCUT2D eigenvalue weighted by Gasteiger charge is -2.49. The van der Waals surface area contributed by atoms with Crippen LogP contribution < -0.4 is 4.43 Å². The van der Waals surface area contributed by atoms with Gasteiger partial charge in [-0.1, -0.05) is 52.0 Å². The Kier molecular flexibility index (Phi) is 6.39. The van der Waals surface area contributed by atoms with Crippen LogP contribution in [0.3, 0.4) is 0 Å². The molecule has 3 rings (SSSR count). The quantitative estimate of drug-likeness (QED) is 0.488. The highest BCUT2D eigenvalue weighted by Gasteiger charge is 2.58. The fourth-order valence-corrected chi connectivity index (χ4v) is 6.14. The van der Waals surface area contributed by atoms with E-state index >= 15 is 0 Å². The van der Waals surface area contributed by atoms with E-state index in [1.807, 2.05) is 6.08 Å². The highest BCUT2D eigenvalue weighted by molar-refractivity contribution is 6.49. The maximum absolute atomic E-state index is 11.7. The van der Waals surface area contributed by atoms with Crippen LogP contribution in [0.1, 0.15) is 76.8 Å². The van der Waals surface area contributed by atoms with Gasteiger partial charge in [0.2, 0.25) is 0 Å². The van der Waals surface area contributed by atoms with Crippen molar-refractivity contribution in [1.29, 1.82) is 0 Å². The Bertz CT molecular complexity index is 751. The third-order valence-electron chi connectivity index (χ3n) is 7.45. The summed E-state index contributed by atoms with van der Waals surface area (Å²) in [6.45, 7) is 13.4. The Morgan fingerprint density at radius 1 is 1.21 bits per heavy atom. The molecule has 2 aliphatic rings. The van der Waals surface area contributed by atoms with Crippen LogP contribution in [0, 0.1) is 11.3 Å². The summed E-state index contributed by atoms with van der Waals surface area (Å²) in [7, 11) is -0.866. The summed E-state index contributed by atoms with van der Waals surface area (Å²) in [4.78, 5) is 0. The van der Waals surface area contributed by atoms with Gasteiger partial charge < -0.3 is 14.6 Å². The molecule has 0 heterocycles. The Morgan fingerprint density at radius 2 is 1.93 bits per heavy atom. The lowest BCUT2D eigenvalue weighted by atomic mass is 9.59. The van der Waals surface area contributed by atoms with E-state index in [0.29, 0.717) is 11.8 Å². The molecule has 0 unspecified atom stereocenters. The first-order valence-corrected chi connectivity index (χ1v) is 13.5. The number of hydrogen-bond donors (Lipinski definition) is 2. The topological polar surface area (TPSA) is 49.7 Å². The van der Waals surface area contributed by atoms with Crippen LogP contribution in [0.5, 0.6) is 5.75 Å². The molecule has 2 fully saturated rings. The minimum Gasteiger partial charge on any atom is -0.542 e. The van der Waals surface area contributed by atoms with Crippen molar-refractivity contribution < 1.29 is 14.6 Å². The Balaban J connectivity index is 1.90. The normalized spacial score (nSPS) is 32.7. The Hall–Kier alpha value is -1.10. The van der Waals surface area contributed by atoms with E-state index in [4.69, 9.17) is 4.43 Å². The molecule has 2 N–H and O–H groups in total. The summed E-state index contributed by atoms with van der Waals surface area (Å²) in [5.41, 5.74) is 1.91. The van der Waals surface area contributed by atoms with Crippen LogP contribution in [0.4, 0.5) is 0 Å². The molecule has 161 valence electrons. The van der Waals surface area contributed by atoms with Gasteiger partial charge in [-0.05, 0) is 79.6 Å². The number of benzene rings is 1. The van der Waals surface area contributed by atoms with Gasteiger partial charge in [0, 0.05) is 5.41 Å². The van der Waals surface area contributed by atoms with E-state index < -0.39 is 14.6 Å². The standard InChI is InChI=1S/C25H39O3Si/c1-23(2,3)20-9-10-21(22(16-20)28-29(5)6)18-11-13-24(4)19(8-7-15-26)12-14-25(24,27)17-18/h7-10,16,18-19,26-27H,11-15,17H2,1-6H3/b8-7+/t18-,19-,24+,25-/m0/s1. The first-order chi connectivity index (χ1) is 13.5. The molecule has 0 bridgehead atoms. The molecule has 2 saturated carbocycles. The smallest absolute Gasteiger partial charge is 0.274 e. The second-order valence-electron chi connectivity index (χ2n) is 10.7. The lowest BCUT2D eigenvalue weighted by Crippen LogP contribution is -2.49. The van der Waals surface area contributed by atoms with Crippen molar-refractivity contribution in [3.05, 3.63) is 41.5 Å². The summed E-state index contributed by atoms with van der Waals surface area (Å²) in [6.07, 6.45) is 8.69. The van der Waals surface area contributed by atoms with Crippen LogP contribution in [0.2, 0.25) is 13.1 Å². The van der Waals surface area contributed by atoms with Crippen LogP contribution >= 0.6 is 0 Å². The van der Waals surface area contributed by atoms with Gasteiger partial charge in [-0.25, -0.2) is 0 Å². The van der Waals surface area contributed by atoms with E-state index in [9.17, 15) is 10.2 Å². The minimum absolute atomic E-state index is 0.0759. The molecule has 0 aliphatic heterocycles. The minimum atomic E-state index is -0.866. The fraction of sp³-hybridized carbons (Fsp3) is 0.680. The van der Waals surface area contributed by atoms with E-state index in [0.717, 1.165) is 37.9 Å². The summed E-state index contributed by atoms with van der Waals surface area (Å²) < 4.78 is 6.36. The molecule has 0 spiro atoms. The lowest BCUT2D eigenvalue weighted by molar-refractivity contribution is -0.0985. The molecule has 3 nitrogen and oxygen atoms in total. The fourth-order valence-electron chi connectivity index (χ4n) is 5.53. The number of rotatable bonds is 5. The van der Waals surface area contributed by atoms with Gasteiger partial charge in [0.15, 0.2) is 0 Å². The third kappa shape index (κ3) is 4.35. The number of aliphatic hydroxyl groups is 2. The molecule has 1 radical (unpaired) electrons. The average molecular weight is 416 g/mol. The van der Waals surface area contributed by atoms with Crippen molar-refractivity contribution in [3.63, 3.8) is 0 Å². The maximum atomic E-state index is 11.7. The molecule has 0 saturated heterocycles. The molecule has 1 aromatic rings. The molecule has 1 aromatic carbocycles. The van der Waals surface area contributed by atoms with Crippen molar-refractivity contribution in [3.8, 4) is 5.75 Å². The van der Waals surface area contributed by atoms with Gasteiger partial charge in [0.1, 0.15) is 5.75 Å². The number of hydrogen-bond acceptors (Lipinski definition) is 3. The van der Waals surface area contributed by atoms with Crippen molar-refractivity contribution in [2.75, 3.05) is 6.61 Å². The van der Waals surface area contributed by atoms with E-state index in [1.54, 1.807) is 0 Å². The van der Waals surface area contributed by atoms with Crippen LogP contribution in [-0.4, -0.2) is 31.5 Å². The summed E-state index contributed by atoms with van der Waals surface area (Å²) in [5.74, 6) is 1.71. The summed E-state index contributed by atoms with van der Waals surface area (Å²) in [6, 6.07) is 6.75. The summed E-state index contributed by atoms with van der Waals surface area (Å²) in [5, 5.41) is 20.9. The van der Waals surface area contributed by atoms with Gasteiger partial charge in [-0.2, -0.15) is 0 Å². The van der Waals surface area contributed by atoms with Crippen molar-refractivity contribution in [2.24, 2.45) is 11.3 Å². The van der Waals surface area contributed by atoms with E-state index in [2.05, 4.69) is 65.1 Å². The monoisotopic (exact) mass is 415 g/mol. The molecule has 0 aromatic heterocycles. The zero-order chi connectivity index (χ0) is 21.4. The molecule has 4 heteroatoms. The van der Waals surface area contributed by atoms with Crippen molar-refractivity contribution in [1.82, 2.24) is 0 Å². The summed E-state index contributed by atoms with van der Waals surface area (Å²) >= 11 is 0. The first-order valence-electron chi connectivity index (χ1n) is 11.1. The molecule has 29 heavy (non-hydrogen) atoms. The van der Waals surface area contributed by atoms with Gasteiger partial charge in [-0.3, -0.25) is 0 Å². The highest BCUT2D eigenvalue weighted by atomic mass is 28.3. The number of allylic oxidation sites excluding steroid dienone is 1. The zero-order valence-corrected chi connectivity index (χ0v) is 20.1. The van der Waals surface area contributed by atoms with Crippen LogP contribution in [-0.2, 0) is 5.41 Å². The highest BCUT2D eigenvalue weighted by Crippen LogP contribution is 2.61. The van der Waals surface area contributed by atoms with Crippen LogP contribution in [0.25, 0.3) is 0 Å². The van der Waals surface area contributed by atoms with E-state index in [1.165, 1.54) is 11.1 Å². The van der Waals surface area contributed by atoms with Gasteiger partial charge in [-0.15, -0.1) is 0 Å².